The fourth-order valence-corrected chi connectivity index (χ4v) is 4.32. The number of carbonyl (C=O) groups is 1. The van der Waals surface area contributed by atoms with Crippen LogP contribution in [0.1, 0.15) is 22.3 Å². The maximum atomic E-state index is 13.3. The van der Waals surface area contributed by atoms with Gasteiger partial charge in [-0.1, -0.05) is 109 Å². The van der Waals surface area contributed by atoms with E-state index in [0.29, 0.717) is 11.1 Å². The van der Waals surface area contributed by atoms with Gasteiger partial charge in [0.1, 0.15) is 0 Å². The lowest BCUT2D eigenvalue weighted by Gasteiger charge is -2.27. The van der Waals surface area contributed by atoms with E-state index >= 15 is 0 Å². The third-order valence-corrected chi connectivity index (χ3v) is 6.10. The zero-order chi connectivity index (χ0) is 24.1. The molecule has 1 aromatic heterocycles. The summed E-state index contributed by atoms with van der Waals surface area (Å²) in [5.74, 6) is -0.626. The largest absolute Gasteiger partial charge is 0.372 e. The minimum atomic E-state index is -1.87. The Morgan fingerprint density at radius 1 is 0.800 bits per heavy atom. The lowest BCUT2D eigenvalue weighted by Crippen LogP contribution is -2.43. The number of hydrogen-bond donors (Lipinski definition) is 2. The molecule has 0 bridgehead atoms. The Morgan fingerprint density at radius 3 is 1.97 bits per heavy atom. The van der Waals surface area contributed by atoms with Crippen molar-refractivity contribution < 1.29 is 9.90 Å². The van der Waals surface area contributed by atoms with E-state index in [1.165, 1.54) is 5.56 Å². The van der Waals surface area contributed by atoms with Gasteiger partial charge in [-0.2, -0.15) is 5.10 Å². The monoisotopic (exact) mass is 459 g/mol. The molecule has 0 saturated carbocycles. The molecule has 35 heavy (non-hydrogen) atoms. The summed E-state index contributed by atoms with van der Waals surface area (Å²) in [4.78, 5) is 13.3. The van der Waals surface area contributed by atoms with E-state index in [1.807, 2.05) is 54.7 Å². The standard InChI is InChI=1S/C30H25N3O2/c34-29(30(35,25-14-6-2-7-15-25)26-16-8-3-9-17-26)32-31-20-24-22-33(21-23-12-4-1-5-13-23)28-19-11-10-18-27(24)28/h1-20,22,35H,21H2,(H,32,34)/b31-20-. The van der Waals surface area contributed by atoms with Crippen LogP contribution in [0.4, 0.5) is 0 Å². The van der Waals surface area contributed by atoms with Crippen molar-refractivity contribution in [3.05, 3.63) is 144 Å². The van der Waals surface area contributed by atoms with Crippen LogP contribution in [0.15, 0.2) is 127 Å². The number of hydrogen-bond acceptors (Lipinski definition) is 3. The van der Waals surface area contributed by atoms with E-state index in [2.05, 4.69) is 33.3 Å². The maximum absolute atomic E-state index is 13.3. The molecule has 1 amide bonds. The molecule has 1 heterocycles. The highest BCUT2D eigenvalue weighted by molar-refractivity contribution is 6.00. The number of hydrazone groups is 1. The van der Waals surface area contributed by atoms with Crippen LogP contribution in [-0.4, -0.2) is 21.8 Å². The Hall–Kier alpha value is -4.48. The fourth-order valence-electron chi connectivity index (χ4n) is 4.32. The molecule has 5 nitrogen and oxygen atoms in total. The predicted octanol–water partition coefficient (Wildman–Crippen LogP) is 5.08. The van der Waals surface area contributed by atoms with Crippen LogP contribution in [-0.2, 0) is 16.9 Å². The van der Waals surface area contributed by atoms with Gasteiger partial charge in [0, 0.05) is 29.2 Å². The van der Waals surface area contributed by atoms with Gasteiger partial charge in [-0.05, 0) is 22.8 Å². The molecule has 0 aliphatic rings. The first-order valence-electron chi connectivity index (χ1n) is 11.4. The third kappa shape index (κ3) is 4.50. The van der Waals surface area contributed by atoms with E-state index in [1.54, 1.807) is 54.7 Å². The highest BCUT2D eigenvalue weighted by atomic mass is 16.3. The van der Waals surface area contributed by atoms with E-state index in [-0.39, 0.29) is 0 Å². The Bertz CT molecular complexity index is 1420. The molecule has 5 aromatic rings. The molecule has 0 saturated heterocycles. The minimum Gasteiger partial charge on any atom is -0.372 e. The molecule has 5 heteroatoms. The minimum absolute atomic E-state index is 0.471. The molecule has 172 valence electrons. The molecule has 0 atom stereocenters. The van der Waals surface area contributed by atoms with Crippen molar-refractivity contribution >= 4 is 23.0 Å². The van der Waals surface area contributed by atoms with Crippen molar-refractivity contribution in [3.63, 3.8) is 0 Å². The Labute approximate surface area is 204 Å². The average Bonchev–Trinajstić information content (AvgIpc) is 3.27. The van der Waals surface area contributed by atoms with Gasteiger partial charge < -0.3 is 9.67 Å². The van der Waals surface area contributed by atoms with Crippen molar-refractivity contribution in [2.24, 2.45) is 5.10 Å². The van der Waals surface area contributed by atoms with Crippen molar-refractivity contribution in [1.29, 1.82) is 0 Å². The topological polar surface area (TPSA) is 66.6 Å². The molecule has 0 unspecified atom stereocenters. The number of nitrogens with zero attached hydrogens (tertiary/aromatic N) is 2. The number of fused-ring (bicyclic) bond motifs is 1. The summed E-state index contributed by atoms with van der Waals surface area (Å²) in [6.45, 7) is 0.726. The lowest BCUT2D eigenvalue weighted by molar-refractivity contribution is -0.136. The second-order valence-corrected chi connectivity index (χ2v) is 8.36. The Kier molecular flexibility index (Phi) is 6.24. The smallest absolute Gasteiger partial charge is 0.281 e. The summed E-state index contributed by atoms with van der Waals surface area (Å²) in [5.41, 5.74) is 4.78. The van der Waals surface area contributed by atoms with Gasteiger partial charge >= 0.3 is 0 Å². The second kappa shape index (κ2) is 9.79. The molecular formula is C30H25N3O2. The molecule has 0 aliphatic carbocycles. The first kappa shape index (κ1) is 22.3. The zero-order valence-corrected chi connectivity index (χ0v) is 19.1. The van der Waals surface area contributed by atoms with E-state index in [4.69, 9.17) is 0 Å². The molecular weight excluding hydrogens is 434 g/mol. The van der Waals surface area contributed by atoms with Crippen molar-refractivity contribution in [1.82, 2.24) is 9.99 Å². The van der Waals surface area contributed by atoms with Crippen LogP contribution in [0.5, 0.6) is 0 Å². The highest BCUT2D eigenvalue weighted by Crippen LogP contribution is 2.30. The van der Waals surface area contributed by atoms with Crippen LogP contribution in [0.25, 0.3) is 10.9 Å². The molecule has 0 fully saturated rings. The summed E-state index contributed by atoms with van der Waals surface area (Å²) in [6, 6.07) is 36.1. The van der Waals surface area contributed by atoms with Gasteiger partial charge in [-0.3, -0.25) is 4.79 Å². The number of nitrogens with one attached hydrogen (secondary N) is 1. The number of benzene rings is 4. The summed E-state index contributed by atoms with van der Waals surface area (Å²) >= 11 is 0. The Balaban J connectivity index is 1.43. The third-order valence-electron chi connectivity index (χ3n) is 6.10. The molecule has 2 N–H and O–H groups in total. The van der Waals surface area contributed by atoms with Gasteiger partial charge in [0.15, 0.2) is 5.60 Å². The quantitative estimate of drug-likeness (QED) is 0.263. The van der Waals surface area contributed by atoms with Crippen LogP contribution < -0.4 is 5.43 Å². The first-order valence-corrected chi connectivity index (χ1v) is 11.4. The van der Waals surface area contributed by atoms with Gasteiger partial charge in [0.05, 0.1) is 6.21 Å². The van der Waals surface area contributed by atoms with Crippen LogP contribution in [0.2, 0.25) is 0 Å². The number of aromatic nitrogens is 1. The fraction of sp³-hybridized carbons (Fsp3) is 0.0667. The molecule has 4 aromatic carbocycles. The Morgan fingerprint density at radius 2 is 1.34 bits per heavy atom. The molecule has 5 rings (SSSR count). The van der Waals surface area contributed by atoms with Crippen molar-refractivity contribution in [2.75, 3.05) is 0 Å². The maximum Gasteiger partial charge on any atom is 0.281 e. The lowest BCUT2D eigenvalue weighted by atomic mass is 9.85. The van der Waals surface area contributed by atoms with Crippen molar-refractivity contribution in [3.8, 4) is 0 Å². The first-order chi connectivity index (χ1) is 17.2. The van der Waals surface area contributed by atoms with Gasteiger partial charge in [0.2, 0.25) is 0 Å². The second-order valence-electron chi connectivity index (χ2n) is 8.36. The average molecular weight is 460 g/mol. The summed E-state index contributed by atoms with van der Waals surface area (Å²) in [6.07, 6.45) is 3.64. The molecule has 0 spiro atoms. The van der Waals surface area contributed by atoms with E-state index in [9.17, 15) is 9.90 Å². The predicted molar refractivity (Wildman–Crippen MR) is 139 cm³/mol. The molecule has 0 aliphatic heterocycles. The van der Waals surface area contributed by atoms with Gasteiger partial charge in [-0.25, -0.2) is 5.43 Å². The SMILES string of the molecule is O=C(N/N=C\c1cn(Cc2ccccc2)c2ccccc12)C(O)(c1ccccc1)c1ccccc1. The number of rotatable bonds is 7. The number of amides is 1. The number of aliphatic hydroxyl groups is 1. The van der Waals surface area contributed by atoms with Gasteiger partial charge in [-0.15, -0.1) is 0 Å². The summed E-state index contributed by atoms with van der Waals surface area (Å²) in [5, 5.41) is 16.8. The summed E-state index contributed by atoms with van der Waals surface area (Å²) in [7, 11) is 0. The van der Waals surface area contributed by atoms with Crippen LogP contribution in [0, 0.1) is 0 Å². The van der Waals surface area contributed by atoms with E-state index in [0.717, 1.165) is 23.0 Å². The van der Waals surface area contributed by atoms with Gasteiger partial charge in [0.25, 0.3) is 5.91 Å². The normalized spacial score (nSPS) is 11.7. The number of carbonyl (C=O) groups excluding carboxylic acids is 1. The van der Waals surface area contributed by atoms with Crippen LogP contribution >= 0.6 is 0 Å². The molecule has 0 radical (unpaired) electrons. The van der Waals surface area contributed by atoms with E-state index < -0.39 is 11.5 Å². The van der Waals surface area contributed by atoms with Crippen molar-refractivity contribution in [2.45, 2.75) is 12.1 Å². The number of para-hydroxylation sites is 1. The zero-order valence-electron chi connectivity index (χ0n) is 19.1. The van der Waals surface area contributed by atoms with Crippen LogP contribution in [0.3, 0.4) is 0 Å². The summed E-state index contributed by atoms with van der Waals surface area (Å²) < 4.78 is 2.16. The highest BCUT2D eigenvalue weighted by Gasteiger charge is 2.39.